The Morgan fingerprint density at radius 2 is 1.89 bits per heavy atom. The quantitative estimate of drug-likeness (QED) is 0.816. The van der Waals surface area contributed by atoms with E-state index in [0.717, 1.165) is 18.5 Å². The van der Waals surface area contributed by atoms with Gasteiger partial charge in [-0.3, -0.25) is 4.79 Å². The van der Waals surface area contributed by atoms with Gasteiger partial charge in [-0.25, -0.2) is 8.42 Å². The Labute approximate surface area is 162 Å². The van der Waals surface area contributed by atoms with Crippen LogP contribution in [0.3, 0.4) is 0 Å². The predicted molar refractivity (Wildman–Crippen MR) is 107 cm³/mol. The van der Waals surface area contributed by atoms with E-state index in [9.17, 15) is 13.2 Å². The minimum atomic E-state index is -3.60. The molecule has 2 heterocycles. The molecule has 1 amide bonds. The van der Waals surface area contributed by atoms with Crippen molar-refractivity contribution in [3.63, 3.8) is 0 Å². The standard InChI is InChI=1S/C19H30N4O3S/c1-15-4-3-5-18(12-15)21-8-10-22(11-9-21)27(25,26)14-19(24)23-7-6-17(20)13-16(23)2/h3-5,12,16-17H,6-11,13-14,20H2,1-2H3/t16-,17+/m0/s1. The molecule has 2 atom stereocenters. The van der Waals surface area contributed by atoms with E-state index < -0.39 is 15.8 Å². The predicted octanol–water partition coefficient (Wildman–Crippen LogP) is 0.785. The number of hydrogen-bond donors (Lipinski definition) is 1. The summed E-state index contributed by atoms with van der Waals surface area (Å²) in [4.78, 5) is 16.4. The summed E-state index contributed by atoms with van der Waals surface area (Å²) in [6.07, 6.45) is 1.45. The molecule has 0 saturated carbocycles. The molecule has 1 aromatic carbocycles. The summed E-state index contributed by atoms with van der Waals surface area (Å²) in [5.74, 6) is -0.757. The highest BCUT2D eigenvalue weighted by Crippen LogP contribution is 2.20. The number of nitrogens with two attached hydrogens (primary N) is 1. The van der Waals surface area contributed by atoms with Gasteiger partial charge in [-0.2, -0.15) is 4.31 Å². The van der Waals surface area contributed by atoms with Crippen molar-refractivity contribution in [3.8, 4) is 0 Å². The fourth-order valence-electron chi connectivity index (χ4n) is 3.96. The Morgan fingerprint density at radius 1 is 1.19 bits per heavy atom. The second-order valence-corrected chi connectivity index (χ2v) is 9.67. The summed E-state index contributed by atoms with van der Waals surface area (Å²) < 4.78 is 26.9. The maximum absolute atomic E-state index is 12.7. The highest BCUT2D eigenvalue weighted by Gasteiger charge is 2.33. The number of carbonyl (C=O) groups excluding carboxylic acids is 1. The van der Waals surface area contributed by atoms with Gasteiger partial charge in [-0.15, -0.1) is 0 Å². The van der Waals surface area contributed by atoms with Crippen LogP contribution in [0.25, 0.3) is 0 Å². The van der Waals surface area contributed by atoms with Crippen LogP contribution < -0.4 is 10.6 Å². The summed E-state index contributed by atoms with van der Waals surface area (Å²) in [6.45, 7) is 6.60. The zero-order chi connectivity index (χ0) is 19.6. The van der Waals surface area contributed by atoms with Gasteiger partial charge in [0.1, 0.15) is 5.75 Å². The summed E-state index contributed by atoms with van der Waals surface area (Å²) >= 11 is 0. The molecule has 2 fully saturated rings. The Balaban J connectivity index is 1.57. The molecular formula is C19H30N4O3S. The van der Waals surface area contributed by atoms with Gasteiger partial charge < -0.3 is 15.5 Å². The number of carbonyl (C=O) groups is 1. The summed E-state index contributed by atoms with van der Waals surface area (Å²) in [5, 5.41) is 0. The molecule has 150 valence electrons. The van der Waals surface area contributed by atoms with Gasteiger partial charge in [-0.05, 0) is 44.4 Å². The van der Waals surface area contributed by atoms with Gasteiger partial charge in [0.25, 0.3) is 0 Å². The van der Waals surface area contributed by atoms with Crippen molar-refractivity contribution >= 4 is 21.6 Å². The minimum absolute atomic E-state index is 0.00498. The smallest absolute Gasteiger partial charge is 0.239 e. The normalized spacial score (nSPS) is 24.9. The van der Waals surface area contributed by atoms with E-state index in [4.69, 9.17) is 5.73 Å². The summed E-state index contributed by atoms with van der Waals surface area (Å²) in [7, 11) is -3.60. The Bertz CT molecular complexity index is 775. The van der Waals surface area contributed by atoms with Gasteiger partial charge in [-0.1, -0.05) is 12.1 Å². The van der Waals surface area contributed by atoms with Crippen molar-refractivity contribution in [2.24, 2.45) is 5.73 Å². The first-order valence-corrected chi connectivity index (χ1v) is 11.2. The summed E-state index contributed by atoms with van der Waals surface area (Å²) in [5.41, 5.74) is 8.23. The molecule has 7 nitrogen and oxygen atoms in total. The number of likely N-dealkylation sites (tertiary alicyclic amines) is 1. The fourth-order valence-corrected chi connectivity index (χ4v) is 5.34. The highest BCUT2D eigenvalue weighted by atomic mass is 32.2. The van der Waals surface area contributed by atoms with E-state index >= 15 is 0 Å². The third-order valence-corrected chi connectivity index (χ3v) is 7.31. The molecular weight excluding hydrogens is 364 g/mol. The molecule has 2 N–H and O–H groups in total. The van der Waals surface area contributed by atoms with Gasteiger partial charge in [0, 0.05) is 50.5 Å². The molecule has 27 heavy (non-hydrogen) atoms. The SMILES string of the molecule is Cc1cccc(N2CCN(S(=O)(=O)CC(=O)N3CC[C@@H](N)C[C@@H]3C)CC2)c1. The summed E-state index contributed by atoms with van der Waals surface area (Å²) in [6, 6.07) is 8.30. The van der Waals surface area contributed by atoms with Gasteiger partial charge in [0.05, 0.1) is 0 Å². The van der Waals surface area contributed by atoms with E-state index in [1.807, 2.05) is 32.0 Å². The molecule has 0 spiro atoms. The lowest BCUT2D eigenvalue weighted by atomic mass is 9.99. The van der Waals surface area contributed by atoms with Gasteiger partial charge in [0.15, 0.2) is 0 Å². The van der Waals surface area contributed by atoms with Gasteiger partial charge in [0.2, 0.25) is 15.9 Å². The van der Waals surface area contributed by atoms with E-state index in [2.05, 4.69) is 11.0 Å². The topological polar surface area (TPSA) is 87.0 Å². The van der Waals surface area contributed by atoms with Crippen LogP contribution >= 0.6 is 0 Å². The third kappa shape index (κ3) is 4.80. The number of hydrogen-bond acceptors (Lipinski definition) is 5. The van der Waals surface area contributed by atoms with E-state index in [1.54, 1.807) is 4.90 Å². The first-order chi connectivity index (χ1) is 12.8. The van der Waals surface area contributed by atoms with Crippen molar-refractivity contribution in [1.82, 2.24) is 9.21 Å². The Kier molecular flexibility index (Phi) is 6.08. The molecule has 0 aliphatic carbocycles. The second kappa shape index (κ2) is 8.16. The number of nitrogens with zero attached hydrogens (tertiary/aromatic N) is 3. The largest absolute Gasteiger partial charge is 0.369 e. The van der Waals surface area contributed by atoms with Crippen LogP contribution in [0.1, 0.15) is 25.3 Å². The zero-order valence-electron chi connectivity index (χ0n) is 16.2. The molecule has 0 aromatic heterocycles. The number of rotatable bonds is 4. The molecule has 0 unspecified atom stereocenters. The number of sulfonamides is 1. The maximum Gasteiger partial charge on any atom is 0.239 e. The van der Waals surface area contributed by atoms with Crippen molar-refractivity contribution in [1.29, 1.82) is 0 Å². The lowest BCUT2D eigenvalue weighted by Crippen LogP contribution is -2.53. The van der Waals surface area contributed by atoms with Crippen molar-refractivity contribution in [2.75, 3.05) is 43.4 Å². The number of aryl methyl sites for hydroxylation is 1. The number of benzene rings is 1. The molecule has 2 aliphatic heterocycles. The molecule has 2 saturated heterocycles. The Hall–Kier alpha value is -1.64. The highest BCUT2D eigenvalue weighted by molar-refractivity contribution is 7.89. The average molecular weight is 395 g/mol. The van der Waals surface area contributed by atoms with Crippen LogP contribution in [0.4, 0.5) is 5.69 Å². The molecule has 0 radical (unpaired) electrons. The third-order valence-electron chi connectivity index (χ3n) is 5.54. The number of anilines is 1. The lowest BCUT2D eigenvalue weighted by molar-refractivity contribution is -0.131. The van der Waals surface area contributed by atoms with Crippen LogP contribution in [-0.2, 0) is 14.8 Å². The van der Waals surface area contributed by atoms with Crippen LogP contribution in [0.15, 0.2) is 24.3 Å². The van der Waals surface area contributed by atoms with Crippen LogP contribution in [0.5, 0.6) is 0 Å². The first kappa shape index (κ1) is 20.1. The zero-order valence-corrected chi connectivity index (χ0v) is 17.0. The van der Waals surface area contributed by atoms with E-state index in [-0.39, 0.29) is 18.0 Å². The van der Waals surface area contributed by atoms with E-state index in [1.165, 1.54) is 9.87 Å². The lowest BCUT2D eigenvalue weighted by Gasteiger charge is -2.38. The second-order valence-electron chi connectivity index (χ2n) is 7.70. The first-order valence-electron chi connectivity index (χ1n) is 9.61. The molecule has 8 heteroatoms. The van der Waals surface area contributed by atoms with Crippen molar-refractivity contribution in [3.05, 3.63) is 29.8 Å². The molecule has 2 aliphatic rings. The maximum atomic E-state index is 12.7. The molecule has 1 aromatic rings. The monoisotopic (exact) mass is 394 g/mol. The average Bonchev–Trinajstić information content (AvgIpc) is 2.61. The molecule has 0 bridgehead atoms. The molecule has 3 rings (SSSR count). The van der Waals surface area contributed by atoms with Crippen LogP contribution in [-0.4, -0.2) is 74.1 Å². The minimum Gasteiger partial charge on any atom is -0.369 e. The van der Waals surface area contributed by atoms with Crippen LogP contribution in [0.2, 0.25) is 0 Å². The fraction of sp³-hybridized carbons (Fsp3) is 0.632. The Morgan fingerprint density at radius 3 is 2.52 bits per heavy atom. The van der Waals surface area contributed by atoms with Crippen molar-refractivity contribution < 1.29 is 13.2 Å². The number of amides is 1. The number of piperazine rings is 1. The van der Waals surface area contributed by atoms with Crippen LogP contribution in [0, 0.1) is 6.92 Å². The van der Waals surface area contributed by atoms with E-state index in [0.29, 0.717) is 32.7 Å². The van der Waals surface area contributed by atoms with Crippen molar-refractivity contribution in [2.45, 2.75) is 38.8 Å². The van der Waals surface area contributed by atoms with Gasteiger partial charge >= 0.3 is 0 Å². The number of piperidine rings is 1.